The van der Waals surface area contributed by atoms with Gasteiger partial charge in [-0.1, -0.05) is 0 Å². The van der Waals surface area contributed by atoms with Crippen molar-refractivity contribution in [2.45, 2.75) is 25.6 Å². The van der Waals surface area contributed by atoms with Crippen LogP contribution in [-0.2, 0) is 14.3 Å². The van der Waals surface area contributed by atoms with Crippen LogP contribution in [0.4, 0.5) is 0 Å². The normalized spacial score (nSPS) is 45.3. The molecule has 0 amide bonds. The van der Waals surface area contributed by atoms with Gasteiger partial charge in [-0.2, -0.15) is 0 Å². The molecule has 0 aromatic carbocycles. The molecule has 3 heteroatoms. The fraction of sp³-hybridized carbons (Fsp3) is 0.857. The molecule has 2 rings (SSSR count). The van der Waals surface area contributed by atoms with E-state index in [0.29, 0.717) is 18.9 Å². The van der Waals surface area contributed by atoms with Gasteiger partial charge in [-0.15, -0.1) is 0 Å². The summed E-state index contributed by atoms with van der Waals surface area (Å²) in [6, 6.07) is 0. The van der Waals surface area contributed by atoms with E-state index in [2.05, 4.69) is 0 Å². The molecule has 2 saturated heterocycles. The van der Waals surface area contributed by atoms with E-state index < -0.39 is 0 Å². The zero-order valence-corrected chi connectivity index (χ0v) is 5.87. The largest absolute Gasteiger partial charge is 0.459 e. The molecule has 3 unspecified atom stereocenters. The first-order valence-electron chi connectivity index (χ1n) is 3.58. The van der Waals surface area contributed by atoms with Gasteiger partial charge in [0, 0.05) is 5.92 Å². The van der Waals surface area contributed by atoms with Gasteiger partial charge >= 0.3 is 5.97 Å². The van der Waals surface area contributed by atoms with E-state index in [1.807, 2.05) is 6.92 Å². The molecule has 2 aliphatic rings. The van der Waals surface area contributed by atoms with Crippen LogP contribution in [0.15, 0.2) is 0 Å². The number of fused-ring (bicyclic) bond motifs is 1. The van der Waals surface area contributed by atoms with Crippen molar-refractivity contribution in [2.24, 2.45) is 5.92 Å². The molecule has 56 valence electrons. The Morgan fingerprint density at radius 2 is 2.40 bits per heavy atom. The van der Waals surface area contributed by atoms with Crippen LogP contribution in [-0.4, -0.2) is 24.8 Å². The standard InChI is InChI=1S/C7H10O3/c1-4-5-2-7(8)10-6(5)3-9-4/h4-6H,2-3H2,1H3. The van der Waals surface area contributed by atoms with E-state index in [9.17, 15) is 4.79 Å². The zero-order chi connectivity index (χ0) is 7.14. The third-order valence-corrected chi connectivity index (χ3v) is 2.29. The SMILES string of the molecule is CC1OCC2OC(=O)CC12. The smallest absolute Gasteiger partial charge is 0.306 e. The molecule has 3 nitrogen and oxygen atoms in total. The molecule has 3 atom stereocenters. The van der Waals surface area contributed by atoms with E-state index in [4.69, 9.17) is 9.47 Å². The Hall–Kier alpha value is -0.570. The van der Waals surface area contributed by atoms with E-state index >= 15 is 0 Å². The first-order chi connectivity index (χ1) is 4.77. The number of carbonyl (C=O) groups is 1. The summed E-state index contributed by atoms with van der Waals surface area (Å²) in [5.41, 5.74) is 0. The van der Waals surface area contributed by atoms with Crippen molar-refractivity contribution in [2.75, 3.05) is 6.61 Å². The van der Waals surface area contributed by atoms with Crippen LogP contribution in [0.25, 0.3) is 0 Å². The summed E-state index contributed by atoms with van der Waals surface area (Å²) >= 11 is 0. The number of ether oxygens (including phenoxy) is 2. The van der Waals surface area contributed by atoms with Crippen LogP contribution in [0.5, 0.6) is 0 Å². The van der Waals surface area contributed by atoms with Crippen molar-refractivity contribution in [1.29, 1.82) is 0 Å². The molecular formula is C7H10O3. The van der Waals surface area contributed by atoms with E-state index in [-0.39, 0.29) is 18.2 Å². The first-order valence-corrected chi connectivity index (χ1v) is 3.58. The summed E-state index contributed by atoms with van der Waals surface area (Å²) in [6.07, 6.45) is 0.810. The number of hydrogen-bond donors (Lipinski definition) is 0. The molecule has 0 aliphatic carbocycles. The average Bonchev–Trinajstić information content (AvgIpc) is 2.35. The maximum Gasteiger partial charge on any atom is 0.306 e. The van der Waals surface area contributed by atoms with Crippen LogP contribution in [0.1, 0.15) is 13.3 Å². The zero-order valence-electron chi connectivity index (χ0n) is 5.87. The monoisotopic (exact) mass is 142 g/mol. The molecule has 0 spiro atoms. The summed E-state index contributed by atoms with van der Waals surface area (Å²) in [5.74, 6) is 0.262. The van der Waals surface area contributed by atoms with E-state index in [1.54, 1.807) is 0 Å². The van der Waals surface area contributed by atoms with Crippen molar-refractivity contribution < 1.29 is 14.3 Å². The Morgan fingerprint density at radius 3 is 3.10 bits per heavy atom. The van der Waals surface area contributed by atoms with Crippen molar-refractivity contribution in [3.63, 3.8) is 0 Å². The Kier molecular flexibility index (Phi) is 1.20. The molecule has 0 bridgehead atoms. The molecule has 2 fully saturated rings. The number of esters is 1. The van der Waals surface area contributed by atoms with Crippen LogP contribution < -0.4 is 0 Å². The maximum atomic E-state index is 10.7. The fourth-order valence-corrected chi connectivity index (χ4v) is 1.62. The van der Waals surface area contributed by atoms with Gasteiger partial charge in [0.05, 0.1) is 19.1 Å². The minimum absolute atomic E-state index is 0.0579. The quantitative estimate of drug-likeness (QED) is 0.457. The van der Waals surface area contributed by atoms with Crippen molar-refractivity contribution in [1.82, 2.24) is 0 Å². The number of rotatable bonds is 0. The Balaban J connectivity index is 2.12. The summed E-state index contributed by atoms with van der Waals surface area (Å²) in [7, 11) is 0. The Morgan fingerprint density at radius 1 is 1.60 bits per heavy atom. The van der Waals surface area contributed by atoms with Crippen molar-refractivity contribution in [3.05, 3.63) is 0 Å². The minimum atomic E-state index is -0.0647. The van der Waals surface area contributed by atoms with Crippen LogP contribution in [0, 0.1) is 5.92 Å². The summed E-state index contributed by atoms with van der Waals surface area (Å²) in [5, 5.41) is 0. The molecule has 0 radical (unpaired) electrons. The summed E-state index contributed by atoms with van der Waals surface area (Å²) in [4.78, 5) is 10.7. The van der Waals surface area contributed by atoms with Gasteiger partial charge in [0.15, 0.2) is 0 Å². The third kappa shape index (κ3) is 0.736. The topological polar surface area (TPSA) is 35.5 Å². The highest BCUT2D eigenvalue weighted by molar-refractivity contribution is 5.72. The maximum absolute atomic E-state index is 10.7. The second-order valence-corrected chi connectivity index (χ2v) is 2.93. The van der Waals surface area contributed by atoms with Crippen LogP contribution in [0.2, 0.25) is 0 Å². The average molecular weight is 142 g/mol. The van der Waals surface area contributed by atoms with Gasteiger partial charge < -0.3 is 9.47 Å². The molecule has 0 aromatic heterocycles. The molecule has 10 heavy (non-hydrogen) atoms. The van der Waals surface area contributed by atoms with Gasteiger partial charge in [-0.05, 0) is 6.92 Å². The second-order valence-electron chi connectivity index (χ2n) is 2.93. The van der Waals surface area contributed by atoms with Crippen molar-refractivity contribution in [3.8, 4) is 0 Å². The molecule has 2 aliphatic heterocycles. The van der Waals surface area contributed by atoms with Crippen LogP contribution in [0.3, 0.4) is 0 Å². The van der Waals surface area contributed by atoms with Gasteiger partial charge in [0.1, 0.15) is 6.10 Å². The molecule has 2 heterocycles. The van der Waals surface area contributed by atoms with Crippen LogP contribution >= 0.6 is 0 Å². The Bertz CT molecular complexity index is 166. The third-order valence-electron chi connectivity index (χ3n) is 2.29. The summed E-state index contributed by atoms with van der Waals surface area (Å²) in [6.45, 7) is 2.59. The lowest BCUT2D eigenvalue weighted by molar-refractivity contribution is -0.142. The lowest BCUT2D eigenvalue weighted by Crippen LogP contribution is -2.16. The fourth-order valence-electron chi connectivity index (χ4n) is 1.62. The summed E-state index contributed by atoms with van der Waals surface area (Å²) < 4.78 is 10.3. The lowest BCUT2D eigenvalue weighted by atomic mass is 9.99. The number of hydrogen-bond acceptors (Lipinski definition) is 3. The lowest BCUT2D eigenvalue weighted by Gasteiger charge is -2.06. The molecule has 0 aromatic rings. The van der Waals surface area contributed by atoms with E-state index in [1.165, 1.54) is 0 Å². The Labute approximate surface area is 59.3 Å². The van der Waals surface area contributed by atoms with Gasteiger partial charge in [-0.3, -0.25) is 4.79 Å². The van der Waals surface area contributed by atoms with Gasteiger partial charge in [0.2, 0.25) is 0 Å². The van der Waals surface area contributed by atoms with Gasteiger partial charge in [-0.25, -0.2) is 0 Å². The molecule has 0 N–H and O–H groups in total. The highest BCUT2D eigenvalue weighted by Crippen LogP contribution is 2.32. The highest BCUT2D eigenvalue weighted by atomic mass is 16.6. The molecular weight excluding hydrogens is 132 g/mol. The van der Waals surface area contributed by atoms with E-state index in [0.717, 1.165) is 0 Å². The predicted octanol–water partition coefficient (Wildman–Crippen LogP) is 0.337. The first kappa shape index (κ1) is 6.16. The van der Waals surface area contributed by atoms with Gasteiger partial charge in [0.25, 0.3) is 0 Å². The molecule has 0 saturated carbocycles. The minimum Gasteiger partial charge on any atom is -0.459 e. The second kappa shape index (κ2) is 1.95. The predicted molar refractivity (Wildman–Crippen MR) is 33.4 cm³/mol. The van der Waals surface area contributed by atoms with Crippen molar-refractivity contribution >= 4 is 5.97 Å². The highest BCUT2D eigenvalue weighted by Gasteiger charge is 2.43. The number of carbonyl (C=O) groups excluding carboxylic acids is 1.